The van der Waals surface area contributed by atoms with Crippen LogP contribution in [-0.4, -0.2) is 16.1 Å². The van der Waals surface area contributed by atoms with Crippen LogP contribution >= 0.6 is 0 Å². The zero-order chi connectivity index (χ0) is 10.7. The largest absolute Gasteiger partial charge is 0.477 e. The molecular weight excluding hydrogens is 190 g/mol. The van der Waals surface area contributed by atoms with Gasteiger partial charge in [-0.25, -0.2) is 9.78 Å². The molecule has 1 fully saturated rings. The minimum absolute atomic E-state index is 0.240. The first-order chi connectivity index (χ1) is 7.29. The molecule has 1 heterocycles. The highest BCUT2D eigenvalue weighted by Gasteiger charge is 2.21. The molecule has 0 aromatic carbocycles. The van der Waals surface area contributed by atoms with Crippen LogP contribution in [0.15, 0.2) is 18.3 Å². The van der Waals surface area contributed by atoms with Crippen LogP contribution in [0.1, 0.15) is 54.1 Å². The van der Waals surface area contributed by atoms with Gasteiger partial charge in [-0.1, -0.05) is 25.3 Å². The second-order valence-electron chi connectivity index (χ2n) is 4.08. The van der Waals surface area contributed by atoms with E-state index in [1.54, 1.807) is 6.20 Å². The predicted molar refractivity (Wildman–Crippen MR) is 57.0 cm³/mol. The van der Waals surface area contributed by atoms with E-state index in [1.165, 1.54) is 19.3 Å². The van der Waals surface area contributed by atoms with E-state index < -0.39 is 5.97 Å². The summed E-state index contributed by atoms with van der Waals surface area (Å²) in [6, 6.07) is 3.74. The standard InChI is InChI=1S/C12H15NO2/c14-12(15)11-10(7-4-8-13-11)9-5-2-1-3-6-9/h4,7-9H,1-3,5-6H2,(H,14,15). The van der Waals surface area contributed by atoms with Crippen molar-refractivity contribution in [1.29, 1.82) is 0 Å². The molecule has 0 bridgehead atoms. The van der Waals surface area contributed by atoms with Crippen LogP contribution in [0.2, 0.25) is 0 Å². The summed E-state index contributed by atoms with van der Waals surface area (Å²) in [6.45, 7) is 0. The Balaban J connectivity index is 2.29. The van der Waals surface area contributed by atoms with E-state index in [1.807, 2.05) is 12.1 Å². The van der Waals surface area contributed by atoms with E-state index in [0.29, 0.717) is 5.92 Å². The number of hydrogen-bond acceptors (Lipinski definition) is 2. The molecule has 0 aliphatic heterocycles. The summed E-state index contributed by atoms with van der Waals surface area (Å²) in [5.41, 5.74) is 1.16. The van der Waals surface area contributed by atoms with Crippen molar-refractivity contribution in [3.8, 4) is 0 Å². The van der Waals surface area contributed by atoms with Crippen molar-refractivity contribution in [3.05, 3.63) is 29.6 Å². The monoisotopic (exact) mass is 205 g/mol. The lowest BCUT2D eigenvalue weighted by molar-refractivity contribution is 0.0688. The molecular formula is C12H15NO2. The number of hydrogen-bond donors (Lipinski definition) is 1. The van der Waals surface area contributed by atoms with E-state index >= 15 is 0 Å². The number of aromatic carboxylic acids is 1. The van der Waals surface area contributed by atoms with E-state index in [-0.39, 0.29) is 5.69 Å². The molecule has 3 nitrogen and oxygen atoms in total. The molecule has 80 valence electrons. The van der Waals surface area contributed by atoms with Gasteiger partial charge in [0, 0.05) is 6.20 Å². The van der Waals surface area contributed by atoms with Gasteiger partial charge in [0.1, 0.15) is 0 Å². The van der Waals surface area contributed by atoms with Crippen LogP contribution in [0.25, 0.3) is 0 Å². The van der Waals surface area contributed by atoms with Gasteiger partial charge in [0.25, 0.3) is 0 Å². The number of carbonyl (C=O) groups is 1. The van der Waals surface area contributed by atoms with Crippen molar-refractivity contribution < 1.29 is 9.90 Å². The molecule has 0 atom stereocenters. The highest BCUT2D eigenvalue weighted by atomic mass is 16.4. The van der Waals surface area contributed by atoms with E-state index in [4.69, 9.17) is 5.11 Å². The number of carboxylic acid groups (broad SMARTS) is 1. The van der Waals surface area contributed by atoms with Crippen molar-refractivity contribution in [2.75, 3.05) is 0 Å². The summed E-state index contributed by atoms with van der Waals surface area (Å²) in [5, 5.41) is 9.03. The van der Waals surface area contributed by atoms with Crippen molar-refractivity contribution in [3.63, 3.8) is 0 Å². The maximum atomic E-state index is 11.0. The Morgan fingerprint density at radius 2 is 2.07 bits per heavy atom. The molecule has 0 amide bonds. The maximum Gasteiger partial charge on any atom is 0.354 e. The van der Waals surface area contributed by atoms with E-state index in [9.17, 15) is 4.79 Å². The zero-order valence-corrected chi connectivity index (χ0v) is 8.65. The summed E-state index contributed by atoms with van der Waals surface area (Å²) in [5.74, 6) is -0.505. The fourth-order valence-electron chi connectivity index (χ4n) is 2.34. The smallest absolute Gasteiger partial charge is 0.354 e. The number of aromatic nitrogens is 1. The van der Waals surface area contributed by atoms with Gasteiger partial charge in [0.05, 0.1) is 0 Å². The molecule has 0 unspecified atom stereocenters. The third-order valence-corrected chi connectivity index (χ3v) is 3.09. The van der Waals surface area contributed by atoms with Gasteiger partial charge < -0.3 is 5.11 Å². The van der Waals surface area contributed by atoms with Crippen molar-refractivity contribution in [2.24, 2.45) is 0 Å². The summed E-state index contributed by atoms with van der Waals surface area (Å²) in [4.78, 5) is 15.0. The molecule has 1 aromatic rings. The topological polar surface area (TPSA) is 50.2 Å². The molecule has 0 radical (unpaired) electrons. The number of pyridine rings is 1. The normalized spacial score (nSPS) is 17.6. The van der Waals surface area contributed by atoms with Gasteiger partial charge in [-0.2, -0.15) is 0 Å². The first-order valence-electron chi connectivity index (χ1n) is 5.47. The van der Waals surface area contributed by atoms with Gasteiger partial charge in [-0.3, -0.25) is 0 Å². The molecule has 1 aromatic heterocycles. The molecule has 1 aliphatic carbocycles. The lowest BCUT2D eigenvalue weighted by atomic mass is 9.83. The molecule has 15 heavy (non-hydrogen) atoms. The minimum Gasteiger partial charge on any atom is -0.477 e. The summed E-state index contributed by atoms with van der Waals surface area (Å²) < 4.78 is 0. The molecule has 1 N–H and O–H groups in total. The minimum atomic E-state index is -0.906. The first kappa shape index (κ1) is 10.1. The van der Waals surface area contributed by atoms with Gasteiger partial charge in [0.2, 0.25) is 0 Å². The number of nitrogens with zero attached hydrogens (tertiary/aromatic N) is 1. The Hall–Kier alpha value is -1.38. The van der Waals surface area contributed by atoms with Crippen molar-refractivity contribution in [1.82, 2.24) is 4.98 Å². The van der Waals surface area contributed by atoms with Crippen LogP contribution < -0.4 is 0 Å². The van der Waals surface area contributed by atoms with Crippen LogP contribution in [0.3, 0.4) is 0 Å². The quantitative estimate of drug-likeness (QED) is 0.807. The lowest BCUT2D eigenvalue weighted by Crippen LogP contribution is -2.12. The highest BCUT2D eigenvalue weighted by Crippen LogP contribution is 2.33. The second kappa shape index (κ2) is 4.43. The fraction of sp³-hybridized carbons (Fsp3) is 0.500. The average molecular weight is 205 g/mol. The van der Waals surface area contributed by atoms with Crippen LogP contribution in [-0.2, 0) is 0 Å². The first-order valence-corrected chi connectivity index (χ1v) is 5.47. The van der Waals surface area contributed by atoms with Gasteiger partial charge in [-0.05, 0) is 30.4 Å². The Labute approximate surface area is 89.2 Å². The Kier molecular flexibility index (Phi) is 2.99. The van der Waals surface area contributed by atoms with Crippen molar-refractivity contribution in [2.45, 2.75) is 38.0 Å². The Morgan fingerprint density at radius 3 is 2.73 bits per heavy atom. The van der Waals surface area contributed by atoms with Crippen LogP contribution in [0.4, 0.5) is 0 Å². The van der Waals surface area contributed by atoms with Crippen molar-refractivity contribution >= 4 is 5.97 Å². The molecule has 1 aliphatic rings. The number of carboxylic acids is 1. The fourth-order valence-corrected chi connectivity index (χ4v) is 2.34. The maximum absolute atomic E-state index is 11.0. The Bertz CT molecular complexity index is 356. The molecule has 2 rings (SSSR count). The third-order valence-electron chi connectivity index (χ3n) is 3.09. The van der Waals surface area contributed by atoms with Gasteiger partial charge in [-0.15, -0.1) is 0 Å². The molecule has 0 spiro atoms. The highest BCUT2D eigenvalue weighted by molar-refractivity contribution is 5.87. The van der Waals surface area contributed by atoms with Gasteiger partial charge >= 0.3 is 5.97 Å². The SMILES string of the molecule is O=C(O)c1ncccc1C1CCCCC1. The van der Waals surface area contributed by atoms with E-state index in [2.05, 4.69) is 4.98 Å². The molecule has 3 heteroatoms. The average Bonchev–Trinajstić information content (AvgIpc) is 2.30. The van der Waals surface area contributed by atoms with E-state index in [0.717, 1.165) is 18.4 Å². The molecule has 0 saturated heterocycles. The summed E-state index contributed by atoms with van der Waals surface area (Å²) in [6.07, 6.45) is 7.45. The number of rotatable bonds is 2. The predicted octanol–water partition coefficient (Wildman–Crippen LogP) is 2.83. The summed E-state index contributed by atoms with van der Waals surface area (Å²) in [7, 11) is 0. The second-order valence-corrected chi connectivity index (χ2v) is 4.08. The van der Waals surface area contributed by atoms with Crippen LogP contribution in [0.5, 0.6) is 0 Å². The lowest BCUT2D eigenvalue weighted by Gasteiger charge is -2.22. The van der Waals surface area contributed by atoms with Crippen LogP contribution in [0, 0.1) is 0 Å². The zero-order valence-electron chi connectivity index (χ0n) is 8.65. The molecule has 1 saturated carbocycles. The Morgan fingerprint density at radius 1 is 1.33 bits per heavy atom. The summed E-state index contributed by atoms with van der Waals surface area (Å²) >= 11 is 0. The third kappa shape index (κ3) is 2.17. The van der Waals surface area contributed by atoms with Gasteiger partial charge in [0.15, 0.2) is 5.69 Å².